The van der Waals surface area contributed by atoms with E-state index in [4.69, 9.17) is 4.74 Å². The molecule has 0 unspecified atom stereocenters. The highest BCUT2D eigenvalue weighted by molar-refractivity contribution is 7.85. The number of hydrogen-bond donors (Lipinski definition) is 0. The highest BCUT2D eigenvalue weighted by atomic mass is 32.2. The molecule has 0 bridgehead atoms. The average Bonchev–Trinajstić information content (AvgIpc) is 2.67. The van der Waals surface area contributed by atoms with Crippen LogP contribution < -0.4 is 5.56 Å². The topological polar surface area (TPSA) is 91.2 Å². The predicted octanol–water partition coefficient (Wildman–Crippen LogP) is 1.73. The molecule has 1 atom stereocenters. The monoisotopic (exact) mass is 357 g/mol. The second-order valence-corrected chi connectivity index (χ2v) is 6.81. The van der Waals surface area contributed by atoms with Gasteiger partial charge in [0.25, 0.3) is 5.56 Å². The lowest BCUT2D eigenvalue weighted by Crippen LogP contribution is -2.26. The van der Waals surface area contributed by atoms with Crippen LogP contribution in [0.2, 0.25) is 0 Å². The van der Waals surface area contributed by atoms with Crippen molar-refractivity contribution < 1.29 is 13.7 Å². The van der Waals surface area contributed by atoms with Crippen LogP contribution in [0.3, 0.4) is 0 Å². The number of carbonyl (C=O) groups excluding carboxylic acids is 1. The highest BCUT2D eigenvalue weighted by Gasteiger charge is 2.16. The molecule has 25 heavy (non-hydrogen) atoms. The molecular weight excluding hydrogens is 342 g/mol. The maximum atomic E-state index is 12.3. The van der Waals surface area contributed by atoms with E-state index < -0.39 is 22.3 Å². The van der Waals surface area contributed by atoms with Gasteiger partial charge in [-0.3, -0.25) is 9.00 Å². The van der Waals surface area contributed by atoms with Gasteiger partial charge in [-0.15, -0.1) is 5.10 Å². The van der Waals surface area contributed by atoms with Crippen molar-refractivity contribution in [3.8, 4) is 0 Å². The molecule has 0 N–H and O–H groups in total. The summed E-state index contributed by atoms with van der Waals surface area (Å²) in [4.78, 5) is 25.0. The van der Waals surface area contributed by atoms with E-state index in [-0.39, 0.29) is 12.3 Å². The molecule has 3 rings (SSSR count). The maximum absolute atomic E-state index is 12.3. The lowest BCUT2D eigenvalue weighted by atomic mass is 10.2. The molecule has 0 aliphatic carbocycles. The molecule has 0 amide bonds. The number of rotatable bonds is 5. The summed E-state index contributed by atoms with van der Waals surface area (Å²) in [6.07, 6.45) is 0. The minimum absolute atomic E-state index is 0.212. The molecule has 0 saturated carbocycles. The van der Waals surface area contributed by atoms with Gasteiger partial charge < -0.3 is 4.74 Å². The predicted molar refractivity (Wildman–Crippen MR) is 92.6 cm³/mol. The molecule has 0 radical (unpaired) electrons. The van der Waals surface area contributed by atoms with E-state index in [0.717, 1.165) is 4.68 Å². The van der Waals surface area contributed by atoms with Crippen molar-refractivity contribution in [2.45, 2.75) is 18.6 Å². The van der Waals surface area contributed by atoms with Crippen LogP contribution >= 0.6 is 0 Å². The molecule has 0 saturated heterocycles. The molecular formula is C17H15N3O4S. The van der Waals surface area contributed by atoms with Gasteiger partial charge in [0.15, 0.2) is 6.73 Å². The number of carbonyl (C=O) groups is 1. The van der Waals surface area contributed by atoms with E-state index in [1.165, 1.54) is 0 Å². The maximum Gasteiger partial charge on any atom is 0.341 e. The summed E-state index contributed by atoms with van der Waals surface area (Å²) in [5, 5.41) is 8.08. The normalized spacial score (nSPS) is 12.0. The van der Waals surface area contributed by atoms with Crippen molar-refractivity contribution in [3.63, 3.8) is 0 Å². The zero-order chi connectivity index (χ0) is 17.8. The van der Waals surface area contributed by atoms with Crippen molar-refractivity contribution in [1.29, 1.82) is 0 Å². The van der Waals surface area contributed by atoms with E-state index >= 15 is 0 Å². The lowest BCUT2D eigenvalue weighted by Gasteiger charge is -2.09. The van der Waals surface area contributed by atoms with Gasteiger partial charge in [-0.05, 0) is 24.3 Å². The van der Waals surface area contributed by atoms with Gasteiger partial charge >= 0.3 is 5.97 Å². The fourth-order valence-electron chi connectivity index (χ4n) is 2.29. The largest absolute Gasteiger partial charge is 0.439 e. The van der Waals surface area contributed by atoms with Crippen molar-refractivity contribution >= 4 is 27.7 Å². The van der Waals surface area contributed by atoms with Crippen LogP contribution in [0.15, 0.2) is 58.2 Å². The average molecular weight is 357 g/mol. The zero-order valence-electron chi connectivity index (χ0n) is 13.4. The number of hydrogen-bond acceptors (Lipinski definition) is 6. The number of aromatic nitrogens is 3. The number of nitrogens with zero attached hydrogens (tertiary/aromatic N) is 3. The standard InChI is InChI=1S/C17H15N3O4S/c1-2-25(23)15-10-6-4-8-13(15)17(22)24-11-20-16(21)12-7-3-5-9-14(12)18-19-20/h3-10H,2,11H2,1H3/t25-/m1/s1. The fourth-order valence-corrected chi connectivity index (χ4v) is 3.23. The van der Waals surface area contributed by atoms with Gasteiger partial charge in [0, 0.05) is 5.75 Å². The first kappa shape index (κ1) is 17.0. The Kier molecular flexibility index (Phi) is 4.99. The molecule has 0 fully saturated rings. The smallest absolute Gasteiger partial charge is 0.341 e. The van der Waals surface area contributed by atoms with Crippen molar-refractivity contribution in [2.75, 3.05) is 5.75 Å². The molecule has 3 aromatic rings. The Bertz CT molecular complexity index is 1020. The highest BCUT2D eigenvalue weighted by Crippen LogP contribution is 2.15. The van der Waals surface area contributed by atoms with Gasteiger partial charge in [-0.2, -0.15) is 4.68 Å². The number of esters is 1. The lowest BCUT2D eigenvalue weighted by molar-refractivity contribution is 0.0332. The Labute approximate surface area is 145 Å². The third kappa shape index (κ3) is 3.48. The van der Waals surface area contributed by atoms with Gasteiger partial charge in [0.2, 0.25) is 0 Å². The number of ether oxygens (including phenoxy) is 1. The Hall–Kier alpha value is -2.87. The molecule has 0 aliphatic rings. The van der Waals surface area contributed by atoms with Crippen LogP contribution in [0.25, 0.3) is 10.9 Å². The van der Waals surface area contributed by atoms with Crippen molar-refractivity contribution in [2.24, 2.45) is 0 Å². The fraction of sp³-hybridized carbons (Fsp3) is 0.176. The molecule has 0 spiro atoms. The third-order valence-electron chi connectivity index (χ3n) is 3.56. The zero-order valence-corrected chi connectivity index (χ0v) is 14.2. The van der Waals surface area contributed by atoms with Crippen LogP contribution in [0.5, 0.6) is 0 Å². The summed E-state index contributed by atoms with van der Waals surface area (Å²) >= 11 is 0. The Morgan fingerprint density at radius 2 is 1.88 bits per heavy atom. The van der Waals surface area contributed by atoms with Crippen LogP contribution in [0, 0.1) is 0 Å². The summed E-state index contributed by atoms with van der Waals surface area (Å²) in [5.41, 5.74) is 0.284. The van der Waals surface area contributed by atoms with Crippen LogP contribution in [0.1, 0.15) is 17.3 Å². The third-order valence-corrected chi connectivity index (χ3v) is 4.93. The molecule has 8 heteroatoms. The second-order valence-electron chi connectivity index (χ2n) is 5.10. The first-order valence-corrected chi connectivity index (χ1v) is 8.90. The van der Waals surface area contributed by atoms with Gasteiger partial charge in [0.05, 0.1) is 26.6 Å². The Morgan fingerprint density at radius 1 is 1.16 bits per heavy atom. The van der Waals surface area contributed by atoms with Crippen molar-refractivity contribution in [1.82, 2.24) is 15.0 Å². The van der Waals surface area contributed by atoms with Crippen LogP contribution in [-0.2, 0) is 22.3 Å². The second kappa shape index (κ2) is 7.35. The van der Waals surface area contributed by atoms with Crippen LogP contribution in [0.4, 0.5) is 0 Å². The van der Waals surface area contributed by atoms with E-state index in [9.17, 15) is 13.8 Å². The van der Waals surface area contributed by atoms with Gasteiger partial charge in [0.1, 0.15) is 5.52 Å². The summed E-state index contributed by atoms with van der Waals surface area (Å²) in [6, 6.07) is 13.3. The summed E-state index contributed by atoms with van der Waals surface area (Å²) in [7, 11) is -1.29. The molecule has 0 aliphatic heterocycles. The Balaban J connectivity index is 1.83. The first-order chi connectivity index (χ1) is 12.1. The molecule has 1 aromatic heterocycles. The Morgan fingerprint density at radius 3 is 2.68 bits per heavy atom. The first-order valence-electron chi connectivity index (χ1n) is 7.59. The quantitative estimate of drug-likeness (QED) is 0.646. The molecule has 7 nitrogen and oxygen atoms in total. The summed E-state index contributed by atoms with van der Waals surface area (Å²) in [6.45, 7) is 1.39. The van der Waals surface area contributed by atoms with Crippen molar-refractivity contribution in [3.05, 3.63) is 64.4 Å². The van der Waals surface area contributed by atoms with E-state index in [1.54, 1.807) is 55.5 Å². The molecule has 128 valence electrons. The van der Waals surface area contributed by atoms with E-state index in [1.807, 2.05) is 0 Å². The van der Waals surface area contributed by atoms with E-state index in [0.29, 0.717) is 21.6 Å². The SMILES string of the molecule is CC[S@@](=O)c1ccccc1C(=O)OCn1nnc2ccccc2c1=O. The number of fused-ring (bicyclic) bond motifs is 1. The molecule has 2 aromatic carbocycles. The summed E-state index contributed by atoms with van der Waals surface area (Å²) < 4.78 is 18.2. The van der Waals surface area contributed by atoms with Crippen LogP contribution in [-0.4, -0.2) is 30.9 Å². The summed E-state index contributed by atoms with van der Waals surface area (Å²) in [5.74, 6) is -0.279. The number of benzene rings is 2. The van der Waals surface area contributed by atoms with Gasteiger partial charge in [-0.25, -0.2) is 4.79 Å². The minimum Gasteiger partial charge on any atom is -0.439 e. The molecule has 1 heterocycles. The van der Waals surface area contributed by atoms with E-state index in [2.05, 4.69) is 10.3 Å². The minimum atomic E-state index is -1.29. The van der Waals surface area contributed by atoms with Gasteiger partial charge in [-0.1, -0.05) is 36.4 Å².